The number of benzene rings is 1. The van der Waals surface area contributed by atoms with Crippen molar-refractivity contribution in [2.75, 3.05) is 18.6 Å². The number of nitrogens with one attached hydrogen (secondary N) is 4. The molecule has 126 valence electrons. The van der Waals surface area contributed by atoms with Gasteiger partial charge in [-0.25, -0.2) is 0 Å². The van der Waals surface area contributed by atoms with E-state index in [4.69, 9.17) is 12.2 Å². The lowest BCUT2D eigenvalue weighted by Crippen LogP contribution is -2.54. The normalized spacial score (nSPS) is 11.2. The lowest BCUT2D eigenvalue weighted by Gasteiger charge is -2.19. The summed E-state index contributed by atoms with van der Waals surface area (Å²) in [5.74, 6) is 0.148. The minimum Gasteiger partial charge on any atom is -0.362 e. The summed E-state index contributed by atoms with van der Waals surface area (Å²) in [6, 6.07) is 8.17. The molecule has 1 atom stereocenters. The van der Waals surface area contributed by atoms with Gasteiger partial charge in [0.15, 0.2) is 5.11 Å². The predicted molar refractivity (Wildman–Crippen MR) is 98.2 cm³/mol. The van der Waals surface area contributed by atoms with Crippen molar-refractivity contribution in [3.63, 3.8) is 0 Å². The second-order valence-corrected chi connectivity index (χ2v) is 6.04. The number of hydrogen-bond acceptors (Lipinski definition) is 4. The van der Waals surface area contributed by atoms with Crippen molar-refractivity contribution in [2.45, 2.75) is 19.4 Å². The van der Waals surface area contributed by atoms with Crippen molar-refractivity contribution in [1.29, 1.82) is 0 Å². The van der Waals surface area contributed by atoms with Gasteiger partial charge in [-0.15, -0.1) is 0 Å². The van der Waals surface area contributed by atoms with E-state index in [1.165, 1.54) is 0 Å². The van der Waals surface area contributed by atoms with E-state index in [9.17, 15) is 9.59 Å². The Balaban J connectivity index is 2.62. The highest BCUT2D eigenvalue weighted by molar-refractivity contribution is 7.98. The Labute approximate surface area is 146 Å². The second-order valence-electron chi connectivity index (χ2n) is 4.65. The zero-order chi connectivity index (χ0) is 17.1. The molecule has 6 nitrogen and oxygen atoms in total. The highest BCUT2D eigenvalue weighted by Crippen LogP contribution is 2.04. The molecule has 23 heavy (non-hydrogen) atoms. The molecule has 0 aliphatic heterocycles. The molecule has 0 spiro atoms. The first-order chi connectivity index (χ1) is 11.1. The van der Waals surface area contributed by atoms with Crippen LogP contribution in [-0.4, -0.2) is 41.5 Å². The van der Waals surface area contributed by atoms with Gasteiger partial charge in [0.05, 0.1) is 0 Å². The van der Waals surface area contributed by atoms with Crippen LogP contribution in [-0.2, 0) is 4.79 Å². The minimum atomic E-state index is -0.632. The van der Waals surface area contributed by atoms with Gasteiger partial charge in [0.25, 0.3) is 11.8 Å². The summed E-state index contributed by atoms with van der Waals surface area (Å²) in [7, 11) is 0. The second kappa shape index (κ2) is 10.8. The number of thiocarbonyl (C=S) groups is 1. The Morgan fingerprint density at radius 3 is 2.52 bits per heavy atom. The summed E-state index contributed by atoms with van der Waals surface area (Å²) >= 11 is 6.59. The van der Waals surface area contributed by atoms with Crippen LogP contribution in [0.5, 0.6) is 0 Å². The van der Waals surface area contributed by atoms with Crippen LogP contribution in [0.3, 0.4) is 0 Å². The van der Waals surface area contributed by atoms with Crippen LogP contribution in [0.15, 0.2) is 30.3 Å². The van der Waals surface area contributed by atoms with Crippen LogP contribution in [0, 0.1) is 0 Å². The summed E-state index contributed by atoms with van der Waals surface area (Å²) in [6.07, 6.45) is 2.48. The highest BCUT2D eigenvalue weighted by atomic mass is 32.2. The van der Waals surface area contributed by atoms with Crippen LogP contribution < -0.4 is 21.5 Å². The quantitative estimate of drug-likeness (QED) is 0.433. The molecule has 0 saturated heterocycles. The van der Waals surface area contributed by atoms with Gasteiger partial charge in [-0.3, -0.25) is 20.4 Å². The Morgan fingerprint density at radius 1 is 1.22 bits per heavy atom. The van der Waals surface area contributed by atoms with E-state index in [1.807, 2.05) is 19.2 Å². The third kappa shape index (κ3) is 7.34. The maximum Gasteiger partial charge on any atom is 0.260 e. The number of carbonyl (C=O) groups excluding carboxylic acids is 2. The molecule has 0 unspecified atom stereocenters. The van der Waals surface area contributed by atoms with E-state index in [0.29, 0.717) is 23.6 Å². The Bertz CT molecular complexity index is 525. The van der Waals surface area contributed by atoms with Gasteiger partial charge in [-0.2, -0.15) is 11.8 Å². The van der Waals surface area contributed by atoms with Gasteiger partial charge in [0.2, 0.25) is 0 Å². The fourth-order valence-corrected chi connectivity index (χ4v) is 2.41. The molecule has 0 radical (unpaired) electrons. The van der Waals surface area contributed by atoms with Crippen molar-refractivity contribution < 1.29 is 9.59 Å². The average Bonchev–Trinajstić information content (AvgIpc) is 2.57. The topological polar surface area (TPSA) is 82.3 Å². The molecule has 0 aliphatic carbocycles. The summed E-state index contributed by atoms with van der Waals surface area (Å²) in [5, 5.41) is 5.95. The van der Waals surface area contributed by atoms with Crippen molar-refractivity contribution in [1.82, 2.24) is 21.5 Å². The number of amides is 2. The number of thioether (sulfide) groups is 1. The molecule has 0 heterocycles. The van der Waals surface area contributed by atoms with Crippen LogP contribution in [0.1, 0.15) is 23.7 Å². The largest absolute Gasteiger partial charge is 0.362 e. The molecule has 0 aliphatic rings. The molecule has 1 rings (SSSR count). The maximum atomic E-state index is 12.2. The molecule has 0 bridgehead atoms. The molecule has 0 fully saturated rings. The monoisotopic (exact) mass is 354 g/mol. The Hall–Kier alpha value is -1.80. The highest BCUT2D eigenvalue weighted by Gasteiger charge is 2.21. The molecule has 1 aromatic rings. The van der Waals surface area contributed by atoms with Crippen molar-refractivity contribution in [3.8, 4) is 0 Å². The van der Waals surface area contributed by atoms with E-state index < -0.39 is 6.04 Å². The van der Waals surface area contributed by atoms with Crippen molar-refractivity contribution in [2.24, 2.45) is 0 Å². The zero-order valence-corrected chi connectivity index (χ0v) is 14.9. The minimum absolute atomic E-state index is 0.277. The maximum absolute atomic E-state index is 12.2. The van der Waals surface area contributed by atoms with Crippen LogP contribution >= 0.6 is 24.0 Å². The summed E-state index contributed by atoms with van der Waals surface area (Å²) in [5.41, 5.74) is 5.65. The van der Waals surface area contributed by atoms with E-state index in [2.05, 4.69) is 21.5 Å². The van der Waals surface area contributed by atoms with E-state index in [1.54, 1.807) is 36.0 Å². The number of rotatable bonds is 7. The molecule has 4 N–H and O–H groups in total. The molecule has 0 aromatic heterocycles. The molecule has 1 aromatic carbocycles. The zero-order valence-electron chi connectivity index (χ0n) is 13.2. The van der Waals surface area contributed by atoms with Gasteiger partial charge in [0.1, 0.15) is 6.04 Å². The van der Waals surface area contributed by atoms with Gasteiger partial charge in [-0.1, -0.05) is 18.2 Å². The Morgan fingerprint density at radius 2 is 1.91 bits per heavy atom. The first-order valence-corrected chi connectivity index (χ1v) is 9.07. The van der Waals surface area contributed by atoms with Crippen LogP contribution in [0.2, 0.25) is 0 Å². The lowest BCUT2D eigenvalue weighted by molar-refractivity contribution is -0.123. The Kier molecular flexibility index (Phi) is 9.08. The van der Waals surface area contributed by atoms with Gasteiger partial charge < -0.3 is 10.6 Å². The van der Waals surface area contributed by atoms with Gasteiger partial charge in [0, 0.05) is 12.1 Å². The smallest absolute Gasteiger partial charge is 0.260 e. The lowest BCUT2D eigenvalue weighted by atomic mass is 10.1. The fourth-order valence-electron chi connectivity index (χ4n) is 1.75. The summed E-state index contributed by atoms with van der Waals surface area (Å²) in [4.78, 5) is 24.4. The first kappa shape index (κ1) is 19.2. The molecular weight excluding hydrogens is 332 g/mol. The summed E-state index contributed by atoms with van der Waals surface area (Å²) in [6.45, 7) is 2.56. The fraction of sp³-hybridized carbons (Fsp3) is 0.400. The third-order valence-electron chi connectivity index (χ3n) is 2.91. The van der Waals surface area contributed by atoms with Crippen molar-refractivity contribution >= 4 is 40.9 Å². The number of carbonyl (C=O) groups is 2. The molecule has 0 saturated carbocycles. The van der Waals surface area contributed by atoms with Crippen LogP contribution in [0.25, 0.3) is 0 Å². The van der Waals surface area contributed by atoms with E-state index in [0.717, 1.165) is 5.75 Å². The van der Waals surface area contributed by atoms with Crippen molar-refractivity contribution in [3.05, 3.63) is 35.9 Å². The molecule has 2 amide bonds. The summed E-state index contributed by atoms with van der Waals surface area (Å²) < 4.78 is 0. The predicted octanol–water partition coefficient (Wildman–Crippen LogP) is 1.05. The first-order valence-electron chi connectivity index (χ1n) is 7.27. The molecule has 8 heteroatoms. The van der Waals surface area contributed by atoms with E-state index >= 15 is 0 Å². The van der Waals surface area contributed by atoms with E-state index in [-0.39, 0.29) is 11.8 Å². The number of hydrogen-bond donors (Lipinski definition) is 4. The third-order valence-corrected chi connectivity index (χ3v) is 3.80. The van der Waals surface area contributed by atoms with Crippen LogP contribution in [0.4, 0.5) is 0 Å². The standard InChI is InChI=1S/C15H22N4O2S2/c1-3-16-15(22)19-18-14(21)12(9-10-23-2)17-13(20)11-7-5-4-6-8-11/h4-8,12H,3,9-10H2,1-2H3,(H,17,20)(H,18,21)(H2,16,19,22)/t12-/m1/s1. The van der Waals surface area contributed by atoms with Gasteiger partial charge >= 0.3 is 0 Å². The molecular formula is C15H22N4O2S2. The number of hydrazine groups is 1. The van der Waals surface area contributed by atoms with Gasteiger partial charge in [-0.05, 0) is 49.7 Å². The SMILES string of the molecule is CCNC(=S)NNC(=O)[C@@H](CCSC)NC(=O)c1ccccc1. The average molecular weight is 355 g/mol.